The summed E-state index contributed by atoms with van der Waals surface area (Å²) in [5, 5.41) is 0. The van der Waals surface area contributed by atoms with Gasteiger partial charge in [-0.3, -0.25) is 4.98 Å². The number of thiazole rings is 1. The second-order valence-corrected chi connectivity index (χ2v) is 4.42. The van der Waals surface area contributed by atoms with Crippen LogP contribution in [0.2, 0.25) is 0 Å². The quantitative estimate of drug-likeness (QED) is 0.775. The smallest absolute Gasteiger partial charge is 0.0794 e. The molecule has 0 atom stereocenters. The van der Waals surface area contributed by atoms with Crippen LogP contribution < -0.4 is 5.73 Å². The van der Waals surface area contributed by atoms with E-state index < -0.39 is 0 Å². The van der Waals surface area contributed by atoms with E-state index in [1.165, 1.54) is 24.1 Å². The minimum absolute atomic E-state index is 0.427. The van der Waals surface area contributed by atoms with Gasteiger partial charge in [-0.15, -0.1) is 11.3 Å². The highest BCUT2D eigenvalue weighted by molar-refractivity contribution is 7.09. The van der Waals surface area contributed by atoms with Gasteiger partial charge in [0, 0.05) is 16.5 Å². The molecule has 0 spiro atoms. The first-order valence-electron chi connectivity index (χ1n) is 4.46. The second-order valence-electron chi connectivity index (χ2n) is 3.54. The Kier molecular flexibility index (Phi) is 2.15. The average molecular weight is 182 g/mol. The van der Waals surface area contributed by atoms with Gasteiger partial charge >= 0.3 is 0 Å². The van der Waals surface area contributed by atoms with Crippen molar-refractivity contribution in [2.75, 3.05) is 6.54 Å². The van der Waals surface area contributed by atoms with Crippen molar-refractivity contribution in [1.29, 1.82) is 0 Å². The zero-order valence-corrected chi connectivity index (χ0v) is 7.94. The van der Waals surface area contributed by atoms with Gasteiger partial charge in [0.15, 0.2) is 0 Å². The molecule has 66 valence electrons. The van der Waals surface area contributed by atoms with E-state index >= 15 is 0 Å². The summed E-state index contributed by atoms with van der Waals surface area (Å²) in [4.78, 5) is 5.57. The molecule has 0 aromatic carbocycles. The molecule has 1 aliphatic carbocycles. The molecule has 0 unspecified atom stereocenters. The molecule has 2 nitrogen and oxygen atoms in total. The third kappa shape index (κ3) is 1.17. The molecule has 0 aliphatic heterocycles. The van der Waals surface area contributed by atoms with Gasteiger partial charge in [-0.2, -0.15) is 0 Å². The summed E-state index contributed by atoms with van der Waals surface area (Å²) in [5.41, 5.74) is 7.96. The molecule has 0 saturated heterocycles. The zero-order valence-electron chi connectivity index (χ0n) is 7.12. The SMILES string of the molecule is NCCC1(c2cncs2)CCC1. The van der Waals surface area contributed by atoms with E-state index in [0.717, 1.165) is 13.0 Å². The van der Waals surface area contributed by atoms with Gasteiger partial charge in [-0.1, -0.05) is 6.42 Å². The number of hydrogen-bond acceptors (Lipinski definition) is 3. The molecule has 0 radical (unpaired) electrons. The van der Waals surface area contributed by atoms with Crippen LogP contribution in [0.1, 0.15) is 30.6 Å². The van der Waals surface area contributed by atoms with Crippen LogP contribution in [0.5, 0.6) is 0 Å². The molecule has 3 heteroatoms. The van der Waals surface area contributed by atoms with Crippen molar-refractivity contribution in [2.45, 2.75) is 31.1 Å². The van der Waals surface area contributed by atoms with Crippen LogP contribution in [0, 0.1) is 0 Å². The largest absolute Gasteiger partial charge is 0.330 e. The standard InChI is InChI=1S/C9H14N2S/c10-5-4-9(2-1-3-9)8-6-11-7-12-8/h6-7H,1-5,10H2. The van der Waals surface area contributed by atoms with Crippen molar-refractivity contribution >= 4 is 11.3 Å². The lowest BCUT2D eigenvalue weighted by Crippen LogP contribution is -2.35. The number of hydrogen-bond donors (Lipinski definition) is 1. The summed E-state index contributed by atoms with van der Waals surface area (Å²) in [5.74, 6) is 0. The van der Waals surface area contributed by atoms with Gasteiger partial charge in [0.2, 0.25) is 0 Å². The van der Waals surface area contributed by atoms with Crippen LogP contribution in [0.4, 0.5) is 0 Å². The van der Waals surface area contributed by atoms with Crippen molar-refractivity contribution in [3.8, 4) is 0 Å². The van der Waals surface area contributed by atoms with Crippen LogP contribution >= 0.6 is 11.3 Å². The Labute approximate surface area is 76.8 Å². The summed E-state index contributed by atoms with van der Waals surface area (Å²) < 4.78 is 0. The summed E-state index contributed by atoms with van der Waals surface area (Å²) in [6, 6.07) is 0. The molecule has 0 amide bonds. The van der Waals surface area contributed by atoms with Gasteiger partial charge in [-0.05, 0) is 25.8 Å². The fourth-order valence-corrected chi connectivity index (χ4v) is 2.89. The molecule has 0 bridgehead atoms. The topological polar surface area (TPSA) is 38.9 Å². The van der Waals surface area contributed by atoms with Gasteiger partial charge in [0.05, 0.1) is 5.51 Å². The Morgan fingerprint density at radius 3 is 2.83 bits per heavy atom. The van der Waals surface area contributed by atoms with E-state index in [1.54, 1.807) is 11.3 Å². The molecule has 1 aromatic heterocycles. The maximum absolute atomic E-state index is 5.61. The molecule has 1 aliphatic rings. The maximum Gasteiger partial charge on any atom is 0.0794 e. The average Bonchev–Trinajstić information content (AvgIpc) is 2.48. The predicted octanol–water partition coefficient (Wildman–Crippen LogP) is 1.91. The highest BCUT2D eigenvalue weighted by Crippen LogP contribution is 2.47. The monoisotopic (exact) mass is 182 g/mol. The number of nitrogens with zero attached hydrogens (tertiary/aromatic N) is 1. The normalized spacial score (nSPS) is 20.4. The first-order valence-corrected chi connectivity index (χ1v) is 5.34. The van der Waals surface area contributed by atoms with Crippen molar-refractivity contribution in [1.82, 2.24) is 4.98 Å². The lowest BCUT2D eigenvalue weighted by Gasteiger charge is -2.40. The molecular formula is C9H14N2S. The van der Waals surface area contributed by atoms with Gasteiger partial charge in [-0.25, -0.2) is 0 Å². The number of nitrogens with two attached hydrogens (primary N) is 1. The molecule has 1 fully saturated rings. The number of aromatic nitrogens is 1. The molecule has 1 saturated carbocycles. The Bertz CT molecular complexity index is 239. The van der Waals surface area contributed by atoms with Gasteiger partial charge in [0.1, 0.15) is 0 Å². The second kappa shape index (κ2) is 3.15. The minimum Gasteiger partial charge on any atom is -0.330 e. The molecule has 1 aromatic rings. The van der Waals surface area contributed by atoms with Gasteiger partial charge < -0.3 is 5.73 Å². The van der Waals surface area contributed by atoms with Crippen molar-refractivity contribution in [3.63, 3.8) is 0 Å². The van der Waals surface area contributed by atoms with Crippen molar-refractivity contribution in [2.24, 2.45) is 5.73 Å². The summed E-state index contributed by atoms with van der Waals surface area (Å²) in [6.45, 7) is 0.803. The van der Waals surface area contributed by atoms with E-state index in [4.69, 9.17) is 5.73 Å². The molecule has 1 heterocycles. The van der Waals surface area contributed by atoms with E-state index in [-0.39, 0.29) is 0 Å². The molecule has 2 N–H and O–H groups in total. The summed E-state index contributed by atoms with van der Waals surface area (Å²) in [7, 11) is 0. The van der Waals surface area contributed by atoms with Crippen LogP contribution in [-0.4, -0.2) is 11.5 Å². The van der Waals surface area contributed by atoms with Crippen LogP contribution in [0.25, 0.3) is 0 Å². The molecule has 2 rings (SSSR count). The summed E-state index contributed by atoms with van der Waals surface area (Å²) >= 11 is 1.78. The van der Waals surface area contributed by atoms with E-state index in [2.05, 4.69) is 4.98 Å². The Balaban J connectivity index is 2.17. The fourth-order valence-electron chi connectivity index (χ4n) is 1.98. The molecular weight excluding hydrogens is 168 g/mol. The maximum atomic E-state index is 5.61. The van der Waals surface area contributed by atoms with Crippen molar-refractivity contribution < 1.29 is 0 Å². The lowest BCUT2D eigenvalue weighted by atomic mass is 9.66. The van der Waals surface area contributed by atoms with Crippen molar-refractivity contribution in [3.05, 3.63) is 16.6 Å². The van der Waals surface area contributed by atoms with Crippen LogP contribution in [0.15, 0.2) is 11.7 Å². The third-order valence-electron chi connectivity index (χ3n) is 2.89. The predicted molar refractivity (Wildman–Crippen MR) is 51.3 cm³/mol. The fraction of sp³-hybridized carbons (Fsp3) is 0.667. The van der Waals surface area contributed by atoms with Crippen LogP contribution in [-0.2, 0) is 5.41 Å². The van der Waals surface area contributed by atoms with E-state index in [0.29, 0.717) is 5.41 Å². The third-order valence-corrected chi connectivity index (χ3v) is 3.91. The highest BCUT2D eigenvalue weighted by atomic mass is 32.1. The Morgan fingerprint density at radius 2 is 2.42 bits per heavy atom. The minimum atomic E-state index is 0.427. The van der Waals surface area contributed by atoms with Gasteiger partial charge in [0.25, 0.3) is 0 Å². The Morgan fingerprint density at radius 1 is 1.58 bits per heavy atom. The first-order chi connectivity index (χ1) is 5.87. The first kappa shape index (κ1) is 8.20. The summed E-state index contributed by atoms with van der Waals surface area (Å²) in [6.07, 6.45) is 7.13. The number of rotatable bonds is 3. The van der Waals surface area contributed by atoms with E-state index in [1.807, 2.05) is 11.7 Å². The lowest BCUT2D eigenvalue weighted by molar-refractivity contribution is 0.234. The highest BCUT2D eigenvalue weighted by Gasteiger charge is 2.38. The zero-order chi connectivity index (χ0) is 8.44. The molecule has 12 heavy (non-hydrogen) atoms. The van der Waals surface area contributed by atoms with Crippen LogP contribution in [0.3, 0.4) is 0 Å². The van der Waals surface area contributed by atoms with E-state index in [9.17, 15) is 0 Å². The Hall–Kier alpha value is -0.410.